The predicted octanol–water partition coefficient (Wildman–Crippen LogP) is 3.89. The van der Waals surface area contributed by atoms with E-state index in [1.54, 1.807) is 6.92 Å². The van der Waals surface area contributed by atoms with Crippen molar-refractivity contribution in [3.8, 4) is 11.8 Å². The molecule has 132 valence electrons. The van der Waals surface area contributed by atoms with Crippen molar-refractivity contribution in [1.82, 2.24) is 4.90 Å². The number of carbonyl (C=O) groups excluding carboxylic acids is 1. The Kier molecular flexibility index (Phi) is 4.81. The van der Waals surface area contributed by atoms with Gasteiger partial charge >= 0.3 is 0 Å². The molecular formula is C22H23N3O. The van der Waals surface area contributed by atoms with Crippen LogP contribution >= 0.6 is 0 Å². The first-order chi connectivity index (χ1) is 12.4. The Labute approximate surface area is 155 Å². The summed E-state index contributed by atoms with van der Waals surface area (Å²) in [6.45, 7) is 7.75. The van der Waals surface area contributed by atoms with E-state index >= 15 is 0 Å². The normalized spacial score (nSPS) is 16.8. The van der Waals surface area contributed by atoms with Crippen LogP contribution in [0.4, 0.5) is 5.69 Å². The third-order valence-corrected chi connectivity index (χ3v) is 4.08. The molecule has 4 heteroatoms. The third kappa shape index (κ3) is 3.62. The quantitative estimate of drug-likeness (QED) is 0.775. The van der Waals surface area contributed by atoms with Crippen molar-refractivity contribution in [3.63, 3.8) is 0 Å². The van der Waals surface area contributed by atoms with Gasteiger partial charge in [0.1, 0.15) is 0 Å². The molecule has 0 bridgehead atoms. The lowest BCUT2D eigenvalue weighted by molar-refractivity contribution is -0.112. The Morgan fingerprint density at radius 1 is 1.00 bits per heavy atom. The molecule has 0 fully saturated rings. The summed E-state index contributed by atoms with van der Waals surface area (Å²) in [4.78, 5) is 14.3. The van der Waals surface area contributed by atoms with E-state index in [0.29, 0.717) is 5.84 Å². The average molecular weight is 345 g/mol. The lowest BCUT2D eigenvalue weighted by Gasteiger charge is -2.38. The van der Waals surface area contributed by atoms with Gasteiger partial charge in [0, 0.05) is 18.0 Å². The minimum absolute atomic E-state index is 0.0649. The van der Waals surface area contributed by atoms with Crippen molar-refractivity contribution in [2.75, 3.05) is 5.01 Å². The number of benzene rings is 2. The Hall–Kier alpha value is -3.06. The van der Waals surface area contributed by atoms with Crippen molar-refractivity contribution in [1.29, 1.82) is 0 Å². The summed E-state index contributed by atoms with van der Waals surface area (Å²) in [5, 5.41) is 6.45. The lowest BCUT2D eigenvalue weighted by Crippen LogP contribution is -2.53. The molecule has 0 N–H and O–H groups in total. The fraction of sp³-hybridized carbons (Fsp3) is 0.273. The molecule has 0 aromatic heterocycles. The highest BCUT2D eigenvalue weighted by molar-refractivity contribution is 6.38. The van der Waals surface area contributed by atoms with Crippen LogP contribution in [0, 0.1) is 11.8 Å². The first-order valence-corrected chi connectivity index (χ1v) is 8.67. The van der Waals surface area contributed by atoms with Gasteiger partial charge in [-0.25, -0.2) is 5.01 Å². The molecule has 0 spiro atoms. The zero-order valence-electron chi connectivity index (χ0n) is 15.6. The number of nitrogens with zero attached hydrogens (tertiary/aromatic N) is 3. The Morgan fingerprint density at radius 2 is 1.58 bits per heavy atom. The summed E-state index contributed by atoms with van der Waals surface area (Å²) in [5.74, 6) is 6.93. The molecule has 1 aliphatic rings. The number of Topliss-reactive ketones (excluding diaryl/α,β-unsaturated/α-hetero) is 1. The molecule has 0 amide bonds. The van der Waals surface area contributed by atoms with Crippen LogP contribution in [0.25, 0.3) is 0 Å². The monoisotopic (exact) mass is 345 g/mol. The number of amidine groups is 1. The van der Waals surface area contributed by atoms with Gasteiger partial charge in [-0.2, -0.15) is 0 Å². The van der Waals surface area contributed by atoms with Gasteiger partial charge in [0.25, 0.3) is 0 Å². The van der Waals surface area contributed by atoms with Crippen molar-refractivity contribution in [3.05, 3.63) is 66.2 Å². The standard InChI is InChI=1S/C22H23N3O/c1-17(26)21-23-25(19-13-9-6-10-14-19)20(24(21)22(2,3)4)16-15-18-11-7-5-8-12-18/h5-14,20H,1-4H3. The first-order valence-electron chi connectivity index (χ1n) is 8.67. The zero-order valence-corrected chi connectivity index (χ0v) is 15.6. The molecular weight excluding hydrogens is 322 g/mol. The van der Waals surface area contributed by atoms with E-state index in [1.807, 2.05) is 70.6 Å². The Bertz CT molecular complexity index is 870. The van der Waals surface area contributed by atoms with Gasteiger partial charge in [-0.3, -0.25) is 4.79 Å². The van der Waals surface area contributed by atoms with Crippen LogP contribution < -0.4 is 5.01 Å². The topological polar surface area (TPSA) is 35.9 Å². The maximum Gasteiger partial charge on any atom is 0.196 e. The number of hydrogen-bond acceptors (Lipinski definition) is 4. The van der Waals surface area contributed by atoms with Crippen LogP contribution in [0.15, 0.2) is 65.8 Å². The second kappa shape index (κ2) is 7.05. The molecule has 1 aliphatic heterocycles. The summed E-state index contributed by atoms with van der Waals surface area (Å²) in [7, 11) is 0. The number of ketones is 1. The molecule has 2 aromatic rings. The van der Waals surface area contributed by atoms with Crippen LogP contribution in [0.3, 0.4) is 0 Å². The molecule has 4 nitrogen and oxygen atoms in total. The number of rotatable bonds is 2. The SMILES string of the molecule is CC(=O)C1=NN(c2ccccc2)C(C#Cc2ccccc2)N1C(C)(C)C. The summed E-state index contributed by atoms with van der Waals surface area (Å²) >= 11 is 0. The maximum absolute atomic E-state index is 12.3. The number of hydrazone groups is 1. The van der Waals surface area contributed by atoms with Crippen LogP contribution in [0.2, 0.25) is 0 Å². The van der Waals surface area contributed by atoms with E-state index in [9.17, 15) is 4.79 Å². The number of para-hydroxylation sites is 1. The second-order valence-corrected chi connectivity index (χ2v) is 7.21. The van der Waals surface area contributed by atoms with Gasteiger partial charge in [-0.05, 0) is 51.0 Å². The van der Waals surface area contributed by atoms with Crippen LogP contribution in [-0.4, -0.2) is 28.2 Å². The summed E-state index contributed by atoms with van der Waals surface area (Å²) in [6.07, 6.45) is -0.350. The number of hydrogen-bond donors (Lipinski definition) is 0. The molecule has 0 radical (unpaired) electrons. The fourth-order valence-electron chi connectivity index (χ4n) is 2.93. The molecule has 1 atom stereocenters. The Balaban J connectivity index is 2.08. The van der Waals surface area contributed by atoms with E-state index in [0.717, 1.165) is 11.3 Å². The summed E-state index contributed by atoms with van der Waals surface area (Å²) < 4.78 is 0. The molecule has 0 saturated carbocycles. The van der Waals surface area contributed by atoms with Crippen molar-refractivity contribution >= 4 is 17.3 Å². The molecule has 1 heterocycles. The van der Waals surface area contributed by atoms with E-state index in [1.165, 1.54) is 0 Å². The first kappa shape index (κ1) is 17.8. The fourth-order valence-corrected chi connectivity index (χ4v) is 2.93. The van der Waals surface area contributed by atoms with E-state index in [2.05, 4.69) is 37.7 Å². The van der Waals surface area contributed by atoms with E-state index in [-0.39, 0.29) is 17.5 Å². The van der Waals surface area contributed by atoms with Gasteiger partial charge in [-0.1, -0.05) is 42.3 Å². The maximum atomic E-state index is 12.3. The van der Waals surface area contributed by atoms with Crippen LogP contribution in [0.1, 0.15) is 33.3 Å². The van der Waals surface area contributed by atoms with Crippen molar-refractivity contribution in [2.45, 2.75) is 39.4 Å². The predicted molar refractivity (Wildman–Crippen MR) is 106 cm³/mol. The molecule has 2 aromatic carbocycles. The molecule has 26 heavy (non-hydrogen) atoms. The average Bonchev–Trinajstić information content (AvgIpc) is 3.02. The largest absolute Gasteiger partial charge is 0.315 e. The van der Waals surface area contributed by atoms with Crippen LogP contribution in [0.5, 0.6) is 0 Å². The van der Waals surface area contributed by atoms with Gasteiger partial charge < -0.3 is 4.90 Å². The van der Waals surface area contributed by atoms with Gasteiger partial charge in [-0.15, -0.1) is 5.10 Å². The number of carbonyl (C=O) groups is 1. The second-order valence-electron chi connectivity index (χ2n) is 7.21. The highest BCUT2D eigenvalue weighted by atomic mass is 16.1. The van der Waals surface area contributed by atoms with Gasteiger partial charge in [0.2, 0.25) is 0 Å². The van der Waals surface area contributed by atoms with Crippen molar-refractivity contribution < 1.29 is 4.79 Å². The van der Waals surface area contributed by atoms with E-state index < -0.39 is 0 Å². The minimum atomic E-state index is -0.350. The van der Waals surface area contributed by atoms with E-state index in [4.69, 9.17) is 0 Å². The summed E-state index contributed by atoms with van der Waals surface area (Å²) in [5.41, 5.74) is 1.54. The van der Waals surface area contributed by atoms with Gasteiger partial charge in [0.05, 0.1) is 5.69 Å². The molecule has 0 saturated heterocycles. The van der Waals surface area contributed by atoms with Gasteiger partial charge in [0.15, 0.2) is 17.8 Å². The smallest absolute Gasteiger partial charge is 0.196 e. The van der Waals surface area contributed by atoms with Crippen molar-refractivity contribution in [2.24, 2.45) is 5.10 Å². The lowest BCUT2D eigenvalue weighted by atomic mass is 10.0. The molecule has 0 aliphatic carbocycles. The molecule has 3 rings (SSSR count). The van der Waals surface area contributed by atoms with Crippen LogP contribution in [-0.2, 0) is 4.79 Å². The molecule has 1 unspecified atom stereocenters. The number of anilines is 1. The Morgan fingerprint density at radius 3 is 2.12 bits per heavy atom. The highest BCUT2D eigenvalue weighted by Crippen LogP contribution is 2.30. The summed E-state index contributed by atoms with van der Waals surface area (Å²) in [6, 6.07) is 19.7. The third-order valence-electron chi connectivity index (χ3n) is 4.08. The zero-order chi connectivity index (χ0) is 18.7. The minimum Gasteiger partial charge on any atom is -0.315 e. The highest BCUT2D eigenvalue weighted by Gasteiger charge is 2.41.